The van der Waals surface area contributed by atoms with Crippen molar-refractivity contribution in [3.63, 3.8) is 0 Å². The van der Waals surface area contributed by atoms with Gasteiger partial charge in [0.1, 0.15) is 11.6 Å². The van der Waals surface area contributed by atoms with E-state index in [0.717, 1.165) is 5.56 Å². The van der Waals surface area contributed by atoms with E-state index in [-0.39, 0.29) is 5.82 Å². The Morgan fingerprint density at radius 3 is 2.58 bits per heavy atom. The van der Waals surface area contributed by atoms with E-state index in [1.807, 2.05) is 0 Å². The fourth-order valence-electron chi connectivity index (χ4n) is 1.52. The second-order valence-corrected chi connectivity index (χ2v) is 4.59. The van der Waals surface area contributed by atoms with Crippen molar-refractivity contribution in [3.05, 3.63) is 51.8 Å². The average Bonchev–Trinajstić information content (AvgIpc) is 2.38. The summed E-state index contributed by atoms with van der Waals surface area (Å²) in [6, 6.07) is 7.77. The minimum absolute atomic E-state index is 0.293. The van der Waals surface area contributed by atoms with Crippen LogP contribution < -0.4 is 16.6 Å². The third-order valence-electron chi connectivity index (χ3n) is 2.42. The third-order valence-corrected chi connectivity index (χ3v) is 2.99. The summed E-state index contributed by atoms with van der Waals surface area (Å²) >= 11 is 11.9. The van der Waals surface area contributed by atoms with Gasteiger partial charge in [-0.3, -0.25) is 0 Å². The van der Waals surface area contributed by atoms with Crippen molar-refractivity contribution in [3.8, 4) is 0 Å². The van der Waals surface area contributed by atoms with E-state index in [9.17, 15) is 4.39 Å². The predicted molar refractivity (Wildman–Crippen MR) is 75.8 cm³/mol. The van der Waals surface area contributed by atoms with Crippen molar-refractivity contribution >= 4 is 34.8 Å². The third kappa shape index (κ3) is 3.47. The van der Waals surface area contributed by atoms with E-state index in [0.29, 0.717) is 28.2 Å². The minimum atomic E-state index is -0.293. The number of hydrogen-bond acceptors (Lipinski definition) is 4. The average molecular weight is 301 g/mol. The number of hydrogen-bond donors (Lipinski definition) is 3. The van der Waals surface area contributed by atoms with Gasteiger partial charge < -0.3 is 10.7 Å². The van der Waals surface area contributed by atoms with Crippen molar-refractivity contribution in [2.24, 2.45) is 5.84 Å². The molecular formula is C12H11Cl2FN4. The zero-order valence-corrected chi connectivity index (χ0v) is 11.3. The van der Waals surface area contributed by atoms with E-state index < -0.39 is 0 Å². The highest BCUT2D eigenvalue weighted by atomic mass is 35.5. The number of nitrogens with one attached hydrogen (secondary N) is 2. The lowest BCUT2D eigenvalue weighted by atomic mass is 10.2. The largest absolute Gasteiger partial charge is 0.365 e. The van der Waals surface area contributed by atoms with Crippen LogP contribution in [0.15, 0.2) is 30.3 Å². The maximum atomic E-state index is 13.0. The Kier molecular flexibility index (Phi) is 4.42. The molecule has 4 N–H and O–H groups in total. The molecule has 7 heteroatoms. The number of hydrazine groups is 1. The van der Waals surface area contributed by atoms with Crippen LogP contribution in [0.2, 0.25) is 10.0 Å². The quantitative estimate of drug-likeness (QED) is 0.598. The number of rotatable bonds is 4. The van der Waals surface area contributed by atoms with Gasteiger partial charge in [0, 0.05) is 6.54 Å². The number of aromatic nitrogens is 1. The van der Waals surface area contributed by atoms with Gasteiger partial charge in [-0.05, 0) is 23.8 Å². The molecule has 4 nitrogen and oxygen atoms in total. The number of nitrogens with zero attached hydrogens (tertiary/aromatic N) is 1. The molecule has 0 spiro atoms. The first-order chi connectivity index (χ1) is 9.10. The molecular weight excluding hydrogens is 290 g/mol. The van der Waals surface area contributed by atoms with Gasteiger partial charge in [0.25, 0.3) is 0 Å². The first kappa shape index (κ1) is 13.9. The van der Waals surface area contributed by atoms with Gasteiger partial charge in [-0.1, -0.05) is 35.3 Å². The van der Waals surface area contributed by atoms with Crippen molar-refractivity contribution < 1.29 is 4.39 Å². The minimum Gasteiger partial charge on any atom is -0.365 e. The molecule has 0 saturated carbocycles. The summed E-state index contributed by atoms with van der Waals surface area (Å²) in [6.45, 7) is 0.385. The number of nitrogens with two attached hydrogens (primary N) is 1. The standard InChI is InChI=1S/C12H11Cl2FN4/c13-9-5-10(14)12(19-16)18-11(9)17-6-7-2-1-3-8(15)4-7/h1-5H,6,16H2,(H2,17,18,19). The lowest BCUT2D eigenvalue weighted by molar-refractivity contribution is 0.626. The van der Waals surface area contributed by atoms with Crippen LogP contribution in [0.4, 0.5) is 16.0 Å². The summed E-state index contributed by atoms with van der Waals surface area (Å²) in [5.41, 5.74) is 3.14. The van der Waals surface area contributed by atoms with Crippen LogP contribution in [0.1, 0.15) is 5.56 Å². The molecule has 0 aliphatic heterocycles. The lowest BCUT2D eigenvalue weighted by Gasteiger charge is -2.10. The smallest absolute Gasteiger partial charge is 0.161 e. The molecule has 1 heterocycles. The van der Waals surface area contributed by atoms with E-state index in [2.05, 4.69) is 15.7 Å². The van der Waals surface area contributed by atoms with E-state index in [1.165, 1.54) is 18.2 Å². The normalized spacial score (nSPS) is 10.3. The Morgan fingerprint density at radius 1 is 1.16 bits per heavy atom. The molecule has 0 aliphatic carbocycles. The van der Waals surface area contributed by atoms with Gasteiger partial charge in [-0.2, -0.15) is 0 Å². The molecule has 0 amide bonds. The number of benzene rings is 1. The molecule has 0 fully saturated rings. The number of pyridine rings is 1. The summed E-state index contributed by atoms with van der Waals surface area (Å²) in [6.07, 6.45) is 0. The van der Waals surface area contributed by atoms with Gasteiger partial charge in [0.05, 0.1) is 10.0 Å². The molecule has 0 unspecified atom stereocenters. The Balaban J connectivity index is 2.15. The molecule has 0 bridgehead atoms. The highest BCUT2D eigenvalue weighted by Crippen LogP contribution is 2.28. The van der Waals surface area contributed by atoms with Crippen LogP contribution in [0.5, 0.6) is 0 Å². The summed E-state index contributed by atoms with van der Waals surface area (Å²) in [5.74, 6) is 5.72. The highest BCUT2D eigenvalue weighted by molar-refractivity contribution is 6.37. The van der Waals surface area contributed by atoms with Crippen LogP contribution in [0.25, 0.3) is 0 Å². The second-order valence-electron chi connectivity index (χ2n) is 3.78. The Morgan fingerprint density at radius 2 is 1.89 bits per heavy atom. The van der Waals surface area contributed by atoms with Crippen LogP contribution in [0.3, 0.4) is 0 Å². The molecule has 0 saturated heterocycles. The molecule has 0 aliphatic rings. The van der Waals surface area contributed by atoms with Crippen molar-refractivity contribution in [1.29, 1.82) is 0 Å². The van der Waals surface area contributed by atoms with Gasteiger partial charge in [-0.15, -0.1) is 0 Å². The molecule has 0 atom stereocenters. The zero-order valence-electron chi connectivity index (χ0n) is 9.75. The monoisotopic (exact) mass is 300 g/mol. The lowest BCUT2D eigenvalue weighted by Crippen LogP contribution is -2.11. The number of halogens is 3. The molecule has 1 aromatic heterocycles. The molecule has 2 rings (SSSR count). The summed E-state index contributed by atoms with van der Waals surface area (Å²) in [7, 11) is 0. The van der Waals surface area contributed by atoms with Crippen molar-refractivity contribution in [2.45, 2.75) is 6.54 Å². The Hall–Kier alpha value is -1.56. The Bertz CT molecular complexity index is 592. The topological polar surface area (TPSA) is 63.0 Å². The van der Waals surface area contributed by atoms with Crippen LogP contribution in [-0.2, 0) is 6.54 Å². The zero-order chi connectivity index (χ0) is 13.8. The first-order valence-electron chi connectivity index (χ1n) is 5.41. The molecule has 1 aromatic carbocycles. The Labute approximate surface area is 119 Å². The summed E-state index contributed by atoms with van der Waals surface area (Å²) < 4.78 is 13.0. The van der Waals surface area contributed by atoms with Gasteiger partial charge >= 0.3 is 0 Å². The van der Waals surface area contributed by atoms with Crippen molar-refractivity contribution in [1.82, 2.24) is 4.98 Å². The SMILES string of the molecule is NNc1nc(NCc2cccc(F)c2)c(Cl)cc1Cl. The van der Waals surface area contributed by atoms with E-state index in [1.54, 1.807) is 12.1 Å². The first-order valence-corrected chi connectivity index (χ1v) is 6.16. The van der Waals surface area contributed by atoms with Crippen LogP contribution in [-0.4, -0.2) is 4.98 Å². The van der Waals surface area contributed by atoms with E-state index >= 15 is 0 Å². The number of anilines is 2. The molecule has 100 valence electrons. The summed E-state index contributed by atoms with van der Waals surface area (Å²) in [5, 5.41) is 3.68. The predicted octanol–water partition coefficient (Wildman–Crippen LogP) is 3.43. The molecule has 0 radical (unpaired) electrons. The molecule has 2 aromatic rings. The van der Waals surface area contributed by atoms with Gasteiger partial charge in [0.15, 0.2) is 5.82 Å². The maximum absolute atomic E-state index is 13.0. The summed E-state index contributed by atoms with van der Waals surface area (Å²) in [4.78, 5) is 4.12. The molecule has 19 heavy (non-hydrogen) atoms. The van der Waals surface area contributed by atoms with E-state index in [4.69, 9.17) is 29.0 Å². The van der Waals surface area contributed by atoms with Gasteiger partial charge in [-0.25, -0.2) is 15.2 Å². The number of nitrogen functional groups attached to an aromatic ring is 1. The van der Waals surface area contributed by atoms with Crippen LogP contribution >= 0.6 is 23.2 Å². The van der Waals surface area contributed by atoms with Crippen LogP contribution in [0, 0.1) is 5.82 Å². The maximum Gasteiger partial charge on any atom is 0.161 e. The second kappa shape index (κ2) is 6.06. The highest BCUT2D eigenvalue weighted by Gasteiger charge is 2.08. The fraction of sp³-hybridized carbons (Fsp3) is 0.0833. The van der Waals surface area contributed by atoms with Crippen molar-refractivity contribution in [2.75, 3.05) is 10.7 Å². The van der Waals surface area contributed by atoms with Gasteiger partial charge in [0.2, 0.25) is 0 Å². The fourth-order valence-corrected chi connectivity index (χ4v) is 2.00.